The Morgan fingerprint density at radius 3 is 2.36 bits per heavy atom. The van der Waals surface area contributed by atoms with Crippen molar-refractivity contribution in [3.8, 4) is 28.7 Å². The molecule has 3 rings (SSSR count). The van der Waals surface area contributed by atoms with Gasteiger partial charge in [0, 0.05) is 6.07 Å². The predicted octanol–water partition coefficient (Wildman–Crippen LogP) is 2.85. The largest absolute Gasteiger partial charge is 0.504 e. The highest BCUT2D eigenvalue weighted by atomic mass is 16.5. The Kier molecular flexibility index (Phi) is 4.70. The zero-order chi connectivity index (χ0) is 18.0. The number of benzene rings is 2. The molecule has 0 spiro atoms. The highest BCUT2D eigenvalue weighted by molar-refractivity contribution is 6.05. The topological polar surface area (TPSA) is 74.2 Å². The molecule has 6 nitrogen and oxygen atoms in total. The standard InChI is InChI=1S/C19H20O6/c1-22-13-6-4-11(5-7-13)8-12-10-25-15-9-14(20)18(23-2)19(24-3)16(15)17(12)21/h4-7,9,12,20H,8,10H2,1-3H3/t12-/m1/s1. The minimum Gasteiger partial charge on any atom is -0.504 e. The summed E-state index contributed by atoms with van der Waals surface area (Å²) in [6.07, 6.45) is 0.536. The Hall–Kier alpha value is -2.89. The Morgan fingerprint density at radius 2 is 1.76 bits per heavy atom. The van der Waals surface area contributed by atoms with Crippen LogP contribution in [0.25, 0.3) is 0 Å². The van der Waals surface area contributed by atoms with Gasteiger partial charge in [0.1, 0.15) is 17.1 Å². The van der Waals surface area contributed by atoms with Gasteiger partial charge in [0.05, 0.1) is 33.9 Å². The van der Waals surface area contributed by atoms with E-state index in [2.05, 4.69) is 0 Å². The molecule has 0 aromatic heterocycles. The van der Waals surface area contributed by atoms with E-state index in [4.69, 9.17) is 18.9 Å². The number of hydrogen-bond donors (Lipinski definition) is 1. The van der Waals surface area contributed by atoms with E-state index in [-0.39, 0.29) is 35.6 Å². The molecule has 0 fully saturated rings. The molecular formula is C19H20O6. The third-order valence-corrected chi connectivity index (χ3v) is 4.29. The lowest BCUT2D eigenvalue weighted by Gasteiger charge is -2.26. The van der Waals surface area contributed by atoms with Crippen molar-refractivity contribution in [1.29, 1.82) is 0 Å². The molecule has 0 bridgehead atoms. The van der Waals surface area contributed by atoms with Crippen LogP contribution >= 0.6 is 0 Å². The van der Waals surface area contributed by atoms with Gasteiger partial charge in [-0.3, -0.25) is 4.79 Å². The smallest absolute Gasteiger partial charge is 0.204 e. The Balaban J connectivity index is 1.92. The van der Waals surface area contributed by atoms with E-state index in [1.807, 2.05) is 24.3 Å². The van der Waals surface area contributed by atoms with Gasteiger partial charge in [-0.15, -0.1) is 0 Å². The van der Waals surface area contributed by atoms with Crippen molar-refractivity contribution >= 4 is 5.78 Å². The van der Waals surface area contributed by atoms with Crippen molar-refractivity contribution in [2.24, 2.45) is 5.92 Å². The van der Waals surface area contributed by atoms with Gasteiger partial charge in [0.2, 0.25) is 5.75 Å². The molecule has 1 N–H and O–H groups in total. The quantitative estimate of drug-likeness (QED) is 0.899. The molecule has 0 aliphatic carbocycles. The highest BCUT2D eigenvalue weighted by Crippen LogP contribution is 2.47. The molecule has 0 radical (unpaired) electrons. The molecule has 0 saturated carbocycles. The number of rotatable bonds is 5. The lowest BCUT2D eigenvalue weighted by Crippen LogP contribution is -2.30. The zero-order valence-electron chi connectivity index (χ0n) is 14.4. The summed E-state index contributed by atoms with van der Waals surface area (Å²) in [5.74, 6) is 0.842. The van der Waals surface area contributed by atoms with Gasteiger partial charge in [-0.2, -0.15) is 0 Å². The maximum Gasteiger partial charge on any atom is 0.204 e. The first-order valence-electron chi connectivity index (χ1n) is 7.87. The summed E-state index contributed by atoms with van der Waals surface area (Å²) < 4.78 is 21.3. The predicted molar refractivity (Wildman–Crippen MR) is 91.2 cm³/mol. The van der Waals surface area contributed by atoms with Crippen molar-refractivity contribution in [3.63, 3.8) is 0 Å². The number of ether oxygens (including phenoxy) is 4. The van der Waals surface area contributed by atoms with E-state index in [1.54, 1.807) is 7.11 Å². The van der Waals surface area contributed by atoms with Crippen molar-refractivity contribution in [2.75, 3.05) is 27.9 Å². The summed E-state index contributed by atoms with van der Waals surface area (Å²) in [5, 5.41) is 10.0. The van der Waals surface area contributed by atoms with Crippen LogP contribution in [0.4, 0.5) is 0 Å². The number of phenols is 1. The second-order valence-corrected chi connectivity index (χ2v) is 5.76. The summed E-state index contributed by atoms with van der Waals surface area (Å²) in [6.45, 7) is 0.243. The number of hydrogen-bond acceptors (Lipinski definition) is 6. The monoisotopic (exact) mass is 344 g/mol. The molecule has 6 heteroatoms. The van der Waals surface area contributed by atoms with Crippen LogP contribution in [0.1, 0.15) is 15.9 Å². The maximum absolute atomic E-state index is 13.0. The molecule has 0 unspecified atom stereocenters. The SMILES string of the molecule is COc1ccc(C[C@@H]2COc3cc(O)c(OC)c(OC)c3C2=O)cc1. The van der Waals surface area contributed by atoms with Crippen molar-refractivity contribution < 1.29 is 28.8 Å². The van der Waals surface area contributed by atoms with E-state index in [0.717, 1.165) is 11.3 Å². The fourth-order valence-corrected chi connectivity index (χ4v) is 3.01. The molecule has 25 heavy (non-hydrogen) atoms. The number of methoxy groups -OCH3 is 3. The van der Waals surface area contributed by atoms with Crippen molar-refractivity contribution in [2.45, 2.75) is 6.42 Å². The van der Waals surface area contributed by atoms with Gasteiger partial charge in [-0.1, -0.05) is 12.1 Å². The summed E-state index contributed by atoms with van der Waals surface area (Å²) >= 11 is 0. The van der Waals surface area contributed by atoms with Gasteiger partial charge in [-0.25, -0.2) is 0 Å². The van der Waals surface area contributed by atoms with E-state index in [0.29, 0.717) is 17.7 Å². The van der Waals surface area contributed by atoms with Crippen LogP contribution in [0.3, 0.4) is 0 Å². The normalized spacial score (nSPS) is 16.0. The lowest BCUT2D eigenvalue weighted by molar-refractivity contribution is 0.0824. The Labute approximate surface area is 145 Å². The van der Waals surface area contributed by atoms with Gasteiger partial charge < -0.3 is 24.1 Å². The van der Waals surface area contributed by atoms with Crippen LogP contribution in [-0.4, -0.2) is 38.8 Å². The average molecular weight is 344 g/mol. The lowest BCUT2D eigenvalue weighted by atomic mass is 9.89. The molecule has 1 aliphatic heterocycles. The summed E-state index contributed by atoms with van der Waals surface area (Å²) in [5.41, 5.74) is 1.32. The number of phenolic OH excluding ortho intramolecular Hbond substituents is 1. The fraction of sp³-hybridized carbons (Fsp3) is 0.316. The number of ketones is 1. The third-order valence-electron chi connectivity index (χ3n) is 4.29. The molecule has 1 atom stereocenters. The molecule has 132 valence electrons. The third kappa shape index (κ3) is 3.07. The number of Topliss-reactive ketones (excluding diaryl/α,β-unsaturated/α-hetero) is 1. The minimum absolute atomic E-state index is 0.0905. The zero-order valence-corrected chi connectivity index (χ0v) is 14.4. The van der Waals surface area contributed by atoms with Crippen LogP contribution in [-0.2, 0) is 6.42 Å². The van der Waals surface area contributed by atoms with E-state index in [1.165, 1.54) is 20.3 Å². The maximum atomic E-state index is 13.0. The van der Waals surface area contributed by atoms with E-state index >= 15 is 0 Å². The number of fused-ring (bicyclic) bond motifs is 1. The van der Waals surface area contributed by atoms with E-state index in [9.17, 15) is 9.90 Å². The molecule has 1 heterocycles. The van der Waals surface area contributed by atoms with Gasteiger partial charge >= 0.3 is 0 Å². The molecule has 0 saturated heterocycles. The summed E-state index contributed by atoms with van der Waals surface area (Å²) in [7, 11) is 4.45. The van der Waals surface area contributed by atoms with Crippen molar-refractivity contribution in [1.82, 2.24) is 0 Å². The molecular weight excluding hydrogens is 324 g/mol. The number of carbonyl (C=O) groups excluding carboxylic acids is 1. The molecule has 2 aromatic carbocycles. The van der Waals surface area contributed by atoms with Crippen LogP contribution in [0.5, 0.6) is 28.7 Å². The molecule has 0 amide bonds. The summed E-state index contributed by atoms with van der Waals surface area (Å²) in [4.78, 5) is 13.0. The van der Waals surface area contributed by atoms with E-state index < -0.39 is 0 Å². The first kappa shape index (κ1) is 17.0. The molecule has 2 aromatic rings. The van der Waals surface area contributed by atoms with Gasteiger partial charge in [0.15, 0.2) is 17.3 Å². The second-order valence-electron chi connectivity index (χ2n) is 5.76. The first-order chi connectivity index (χ1) is 12.1. The number of aromatic hydroxyl groups is 1. The van der Waals surface area contributed by atoms with Gasteiger partial charge in [-0.05, 0) is 24.1 Å². The first-order valence-corrected chi connectivity index (χ1v) is 7.87. The van der Waals surface area contributed by atoms with Crippen molar-refractivity contribution in [3.05, 3.63) is 41.5 Å². The molecule has 1 aliphatic rings. The average Bonchev–Trinajstić information content (AvgIpc) is 2.63. The van der Waals surface area contributed by atoms with Crippen LogP contribution in [0, 0.1) is 5.92 Å². The van der Waals surface area contributed by atoms with Crippen LogP contribution < -0.4 is 18.9 Å². The van der Waals surface area contributed by atoms with Crippen LogP contribution in [0.2, 0.25) is 0 Å². The van der Waals surface area contributed by atoms with Gasteiger partial charge in [0.25, 0.3) is 0 Å². The fourth-order valence-electron chi connectivity index (χ4n) is 3.01. The minimum atomic E-state index is -0.343. The number of carbonyl (C=O) groups is 1. The second kappa shape index (κ2) is 6.93. The van der Waals surface area contributed by atoms with Crippen LogP contribution in [0.15, 0.2) is 30.3 Å². The Morgan fingerprint density at radius 1 is 1.08 bits per heavy atom. The highest BCUT2D eigenvalue weighted by Gasteiger charge is 2.35. The summed E-state index contributed by atoms with van der Waals surface area (Å²) in [6, 6.07) is 8.96. The Bertz CT molecular complexity index is 781.